The minimum Gasteiger partial charge on any atom is -0.317 e. The Morgan fingerprint density at radius 1 is 1.40 bits per heavy atom. The minimum absolute atomic E-state index is 0.229. The average molecular weight is 169 g/mol. The van der Waals surface area contributed by atoms with Gasteiger partial charge in [-0.15, -0.1) is 0 Å². The predicted octanol–water partition coefficient (Wildman–Crippen LogP) is -1.85. The second kappa shape index (κ2) is 4.58. The number of rotatable bonds is 5. The van der Waals surface area contributed by atoms with Crippen LogP contribution in [-0.4, -0.2) is 26.7 Å². The second-order valence-corrected chi connectivity index (χ2v) is 3.08. The molecule has 0 unspecified atom stereocenters. The Balaban J connectivity index is 3.21. The van der Waals surface area contributed by atoms with Gasteiger partial charge in [0, 0.05) is 13.1 Å². The van der Waals surface area contributed by atoms with Gasteiger partial charge in [-0.25, -0.2) is 15.3 Å². The normalized spacial score (nSPS) is 11.8. The Kier molecular flexibility index (Phi) is 4.49. The van der Waals surface area contributed by atoms with Crippen LogP contribution in [0.4, 0.5) is 0 Å². The van der Waals surface area contributed by atoms with E-state index in [0.717, 1.165) is 0 Å². The lowest BCUT2D eigenvalue weighted by molar-refractivity contribution is 0.166. The van der Waals surface area contributed by atoms with Crippen molar-refractivity contribution in [2.75, 3.05) is 13.1 Å². The van der Waals surface area contributed by atoms with E-state index in [-0.39, 0.29) is 6.54 Å². The molecule has 10 heavy (non-hydrogen) atoms. The summed E-state index contributed by atoms with van der Waals surface area (Å²) in [7, 11) is -3.56. The molecule has 7 heteroatoms. The van der Waals surface area contributed by atoms with Gasteiger partial charge in [0.05, 0.1) is 0 Å². The topological polar surface area (TPSA) is 104 Å². The van der Waals surface area contributed by atoms with Gasteiger partial charge >= 0.3 is 0 Å². The molecule has 0 bridgehead atoms. The van der Waals surface area contributed by atoms with E-state index in [4.69, 9.17) is 5.21 Å². The van der Waals surface area contributed by atoms with Gasteiger partial charge in [-0.1, -0.05) is 0 Å². The van der Waals surface area contributed by atoms with Crippen LogP contribution >= 0.6 is 0 Å². The summed E-state index contributed by atoms with van der Waals surface area (Å²) in [5.74, 6) is 0. The van der Waals surface area contributed by atoms with Crippen molar-refractivity contribution in [1.29, 1.82) is 0 Å². The molecule has 0 aliphatic rings. The third kappa shape index (κ3) is 7.79. The van der Waals surface area contributed by atoms with Gasteiger partial charge in [0.2, 0.25) is 0 Å². The lowest BCUT2D eigenvalue weighted by Crippen LogP contribution is -2.32. The molecule has 0 aromatic carbocycles. The van der Waals surface area contributed by atoms with Crippen molar-refractivity contribution in [3.8, 4) is 0 Å². The molecule has 0 amide bonds. The first kappa shape index (κ1) is 9.79. The zero-order valence-corrected chi connectivity index (χ0v) is 6.19. The van der Waals surface area contributed by atoms with Crippen molar-refractivity contribution in [2.24, 2.45) is 5.14 Å². The van der Waals surface area contributed by atoms with Crippen LogP contribution in [0.3, 0.4) is 0 Å². The summed E-state index contributed by atoms with van der Waals surface area (Å²) in [6, 6.07) is 0. The van der Waals surface area contributed by atoms with Crippen LogP contribution in [0, 0.1) is 0 Å². The van der Waals surface area contributed by atoms with Gasteiger partial charge < -0.3 is 5.21 Å². The molecule has 0 fully saturated rings. The van der Waals surface area contributed by atoms with E-state index in [2.05, 4.69) is 9.86 Å². The number of hydrogen-bond donors (Lipinski definition) is 4. The van der Waals surface area contributed by atoms with Crippen molar-refractivity contribution >= 4 is 10.2 Å². The molecule has 0 aliphatic carbocycles. The number of nitrogens with two attached hydrogens (primary N) is 1. The SMILES string of the molecule is NS(=O)(=O)NCCCNO. The van der Waals surface area contributed by atoms with Crippen LogP contribution in [0.1, 0.15) is 6.42 Å². The van der Waals surface area contributed by atoms with Gasteiger partial charge in [0.15, 0.2) is 0 Å². The van der Waals surface area contributed by atoms with Crippen LogP contribution in [0.15, 0.2) is 0 Å². The summed E-state index contributed by atoms with van der Waals surface area (Å²) in [5, 5.41) is 12.6. The van der Waals surface area contributed by atoms with Crippen molar-refractivity contribution in [3.05, 3.63) is 0 Å². The molecular formula is C3H11N3O3S. The van der Waals surface area contributed by atoms with Gasteiger partial charge in [-0.2, -0.15) is 8.42 Å². The lowest BCUT2D eigenvalue weighted by atomic mass is 10.4. The summed E-state index contributed by atoms with van der Waals surface area (Å²) in [4.78, 5) is 0. The summed E-state index contributed by atoms with van der Waals surface area (Å²) in [5.41, 5.74) is 1.88. The fourth-order valence-corrected chi connectivity index (χ4v) is 0.811. The molecule has 0 spiro atoms. The van der Waals surface area contributed by atoms with Crippen molar-refractivity contribution < 1.29 is 13.6 Å². The molecule has 0 aromatic heterocycles. The largest absolute Gasteiger partial charge is 0.317 e. The fourth-order valence-electron chi connectivity index (χ4n) is 0.382. The van der Waals surface area contributed by atoms with Crippen molar-refractivity contribution in [2.45, 2.75) is 6.42 Å². The van der Waals surface area contributed by atoms with E-state index in [1.165, 1.54) is 0 Å². The molecule has 0 saturated heterocycles. The molecule has 0 aliphatic heterocycles. The number of nitrogens with one attached hydrogen (secondary N) is 2. The molecule has 0 radical (unpaired) electrons. The standard InChI is InChI=1S/C3H11N3O3S/c4-10(8,9)6-3-1-2-5-7/h5-7H,1-3H2,(H2,4,8,9). The zero-order chi connectivity index (χ0) is 8.04. The summed E-state index contributed by atoms with van der Waals surface area (Å²) < 4.78 is 22.4. The maximum absolute atomic E-state index is 10.2. The van der Waals surface area contributed by atoms with E-state index in [1.807, 2.05) is 5.48 Å². The third-order valence-electron chi connectivity index (χ3n) is 0.769. The molecule has 0 saturated carbocycles. The molecule has 0 rings (SSSR count). The predicted molar refractivity (Wildman–Crippen MR) is 35.5 cm³/mol. The molecule has 6 nitrogen and oxygen atoms in total. The van der Waals surface area contributed by atoms with Gasteiger partial charge in [0.1, 0.15) is 0 Å². The molecule has 0 atom stereocenters. The summed E-state index contributed by atoms with van der Waals surface area (Å²) >= 11 is 0. The molecule has 5 N–H and O–H groups in total. The van der Waals surface area contributed by atoms with E-state index < -0.39 is 10.2 Å². The Bertz CT molecular complexity index is 166. The molecule has 62 valence electrons. The molecular weight excluding hydrogens is 158 g/mol. The second-order valence-electron chi connectivity index (χ2n) is 1.70. The summed E-state index contributed by atoms with van der Waals surface area (Å²) in [6.07, 6.45) is 0.493. The van der Waals surface area contributed by atoms with Crippen molar-refractivity contribution in [1.82, 2.24) is 10.2 Å². The minimum atomic E-state index is -3.56. The van der Waals surface area contributed by atoms with E-state index in [9.17, 15) is 8.42 Å². The Hall–Kier alpha value is -0.210. The highest BCUT2D eigenvalue weighted by atomic mass is 32.2. The molecule has 0 aromatic rings. The smallest absolute Gasteiger partial charge is 0.274 e. The van der Waals surface area contributed by atoms with Gasteiger partial charge in [-0.05, 0) is 6.42 Å². The van der Waals surface area contributed by atoms with Crippen LogP contribution in [0.5, 0.6) is 0 Å². The van der Waals surface area contributed by atoms with Crippen LogP contribution < -0.4 is 15.3 Å². The van der Waals surface area contributed by atoms with Crippen LogP contribution in [0.2, 0.25) is 0 Å². The van der Waals surface area contributed by atoms with Crippen molar-refractivity contribution in [3.63, 3.8) is 0 Å². The van der Waals surface area contributed by atoms with Crippen LogP contribution in [-0.2, 0) is 10.2 Å². The number of hydrogen-bond acceptors (Lipinski definition) is 4. The van der Waals surface area contributed by atoms with Gasteiger partial charge in [0.25, 0.3) is 10.2 Å². The summed E-state index contributed by atoms with van der Waals surface area (Å²) in [6.45, 7) is 0.564. The van der Waals surface area contributed by atoms with E-state index in [1.54, 1.807) is 0 Å². The first-order chi connectivity index (χ1) is 4.56. The van der Waals surface area contributed by atoms with Crippen LogP contribution in [0.25, 0.3) is 0 Å². The molecule has 0 heterocycles. The average Bonchev–Trinajstić information content (AvgIpc) is 1.78. The lowest BCUT2D eigenvalue weighted by Gasteiger charge is -1.99. The van der Waals surface area contributed by atoms with E-state index in [0.29, 0.717) is 13.0 Å². The zero-order valence-electron chi connectivity index (χ0n) is 5.37. The Morgan fingerprint density at radius 2 is 2.00 bits per heavy atom. The monoisotopic (exact) mass is 169 g/mol. The highest BCUT2D eigenvalue weighted by Gasteiger charge is 1.97. The highest BCUT2D eigenvalue weighted by molar-refractivity contribution is 7.87. The quantitative estimate of drug-likeness (QED) is 0.286. The Labute approximate surface area is 59.6 Å². The fraction of sp³-hybridized carbons (Fsp3) is 1.00. The van der Waals surface area contributed by atoms with E-state index >= 15 is 0 Å². The maximum Gasteiger partial charge on any atom is 0.274 e. The third-order valence-corrected chi connectivity index (χ3v) is 1.38. The number of hydroxylamine groups is 1. The highest BCUT2D eigenvalue weighted by Crippen LogP contribution is 1.73. The first-order valence-electron chi connectivity index (χ1n) is 2.70. The first-order valence-corrected chi connectivity index (χ1v) is 4.25. The Morgan fingerprint density at radius 3 is 2.40 bits per heavy atom. The maximum atomic E-state index is 10.2. The van der Waals surface area contributed by atoms with Gasteiger partial charge in [-0.3, -0.25) is 0 Å².